The van der Waals surface area contributed by atoms with E-state index in [4.69, 9.17) is 0 Å². The van der Waals surface area contributed by atoms with Gasteiger partial charge in [-0.05, 0) is 24.7 Å². The van der Waals surface area contributed by atoms with E-state index < -0.39 is 0 Å². The zero-order valence-corrected chi connectivity index (χ0v) is 13.7. The van der Waals surface area contributed by atoms with Crippen LogP contribution in [0.4, 0.5) is 0 Å². The fourth-order valence-electron chi connectivity index (χ4n) is 1.92. The molecule has 0 saturated carbocycles. The zero-order chi connectivity index (χ0) is 13.7. The molecule has 0 saturated heterocycles. The molecule has 0 heterocycles. The van der Waals surface area contributed by atoms with Crippen molar-refractivity contribution >= 4 is 34.1 Å². The molecule has 20 heavy (non-hydrogen) atoms. The van der Waals surface area contributed by atoms with Crippen LogP contribution >= 0.6 is 28.3 Å². The third-order valence-corrected chi connectivity index (χ3v) is 3.40. The number of hydrogen-bond donors (Lipinski definition) is 0. The molecule has 0 N–H and O–H groups in total. The summed E-state index contributed by atoms with van der Waals surface area (Å²) in [5.41, 5.74) is 1.97. The Morgan fingerprint density at radius 2 is 1.65 bits per heavy atom. The number of ketones is 1. The maximum atomic E-state index is 12.1. The van der Waals surface area contributed by atoms with E-state index in [0.29, 0.717) is 6.54 Å². The van der Waals surface area contributed by atoms with Gasteiger partial charge in [0.25, 0.3) is 0 Å². The number of halogens is 2. The number of likely N-dealkylation sites (N-methyl/N-ethyl adjacent to an activating group) is 1. The molecule has 0 aliphatic rings. The van der Waals surface area contributed by atoms with Crippen molar-refractivity contribution in [1.29, 1.82) is 0 Å². The van der Waals surface area contributed by atoms with Crippen LogP contribution in [0.2, 0.25) is 0 Å². The highest BCUT2D eigenvalue weighted by Crippen LogP contribution is 2.11. The fraction of sp³-hybridized carbons (Fsp3) is 0.188. The van der Waals surface area contributed by atoms with Gasteiger partial charge in [0.1, 0.15) is 0 Å². The Balaban J connectivity index is 0.00000200. The molecule has 0 aliphatic heterocycles. The molecule has 0 spiro atoms. The Morgan fingerprint density at radius 1 is 1.05 bits per heavy atom. The topological polar surface area (TPSA) is 20.3 Å². The molecule has 0 aromatic heterocycles. The number of benzene rings is 2. The molecule has 2 aromatic rings. The molecule has 0 bridgehead atoms. The van der Waals surface area contributed by atoms with Crippen LogP contribution in [-0.4, -0.2) is 24.3 Å². The summed E-state index contributed by atoms with van der Waals surface area (Å²) >= 11 is 3.37. The van der Waals surface area contributed by atoms with Crippen LogP contribution in [0.3, 0.4) is 0 Å². The molecule has 0 radical (unpaired) electrons. The zero-order valence-electron chi connectivity index (χ0n) is 11.3. The number of Topliss-reactive ketones (excluding diaryl/α,β-unsaturated/α-hetero) is 1. The Labute approximate surface area is 134 Å². The van der Waals surface area contributed by atoms with Crippen LogP contribution in [0.5, 0.6) is 0 Å². The summed E-state index contributed by atoms with van der Waals surface area (Å²) in [5.74, 6) is 0.144. The Kier molecular flexibility index (Phi) is 6.93. The van der Waals surface area contributed by atoms with Gasteiger partial charge < -0.3 is 0 Å². The minimum absolute atomic E-state index is 0. The quantitative estimate of drug-likeness (QED) is 0.751. The minimum Gasteiger partial charge on any atom is -0.295 e. The monoisotopic (exact) mass is 353 g/mol. The largest absolute Gasteiger partial charge is 0.295 e. The summed E-state index contributed by atoms with van der Waals surface area (Å²) in [7, 11) is 1.96. The second-order valence-electron chi connectivity index (χ2n) is 4.59. The van der Waals surface area contributed by atoms with Gasteiger partial charge >= 0.3 is 0 Å². The standard InChI is InChI=1S/C16H16BrNO.ClH/c1-18(11-13-5-3-2-4-6-13)12-16(19)14-7-9-15(17)10-8-14;/h2-10H,11-12H2,1H3;1H. The van der Waals surface area contributed by atoms with Gasteiger partial charge in [-0.2, -0.15) is 0 Å². The van der Waals surface area contributed by atoms with E-state index in [0.717, 1.165) is 16.6 Å². The van der Waals surface area contributed by atoms with Crippen LogP contribution in [-0.2, 0) is 6.54 Å². The molecule has 0 amide bonds. The van der Waals surface area contributed by atoms with Crippen molar-refractivity contribution in [3.05, 3.63) is 70.2 Å². The van der Waals surface area contributed by atoms with Crippen molar-refractivity contribution in [3.8, 4) is 0 Å². The molecule has 2 aromatic carbocycles. The van der Waals surface area contributed by atoms with Crippen molar-refractivity contribution in [1.82, 2.24) is 4.90 Å². The number of hydrogen-bond acceptors (Lipinski definition) is 2. The first-order valence-corrected chi connectivity index (χ1v) is 6.95. The Morgan fingerprint density at radius 3 is 2.25 bits per heavy atom. The SMILES string of the molecule is CN(CC(=O)c1ccc(Br)cc1)Cc1ccccc1.Cl. The van der Waals surface area contributed by atoms with Crippen LogP contribution < -0.4 is 0 Å². The first-order chi connectivity index (χ1) is 9.15. The van der Waals surface area contributed by atoms with Gasteiger partial charge in [-0.15, -0.1) is 12.4 Å². The van der Waals surface area contributed by atoms with E-state index in [1.165, 1.54) is 5.56 Å². The lowest BCUT2D eigenvalue weighted by atomic mass is 10.1. The number of carbonyl (C=O) groups is 1. The molecule has 0 unspecified atom stereocenters. The number of nitrogens with zero attached hydrogens (tertiary/aromatic N) is 1. The van der Waals surface area contributed by atoms with E-state index >= 15 is 0 Å². The maximum Gasteiger partial charge on any atom is 0.176 e. The summed E-state index contributed by atoms with van der Waals surface area (Å²) < 4.78 is 0.988. The number of carbonyl (C=O) groups excluding carboxylic acids is 1. The lowest BCUT2D eigenvalue weighted by molar-refractivity contribution is 0.0943. The van der Waals surface area contributed by atoms with Crippen molar-refractivity contribution in [2.24, 2.45) is 0 Å². The molecule has 0 aliphatic carbocycles. The van der Waals surface area contributed by atoms with Gasteiger partial charge in [0.2, 0.25) is 0 Å². The van der Waals surface area contributed by atoms with Gasteiger partial charge in [0, 0.05) is 16.6 Å². The number of rotatable bonds is 5. The molecular formula is C16H17BrClNO. The molecule has 0 atom stereocenters. The first-order valence-electron chi connectivity index (χ1n) is 6.16. The molecule has 2 nitrogen and oxygen atoms in total. The molecule has 0 fully saturated rings. The summed E-state index contributed by atoms with van der Waals surface area (Å²) in [6, 6.07) is 17.7. The second-order valence-corrected chi connectivity index (χ2v) is 5.50. The smallest absolute Gasteiger partial charge is 0.176 e. The maximum absolute atomic E-state index is 12.1. The lowest BCUT2D eigenvalue weighted by Crippen LogP contribution is -2.25. The summed E-state index contributed by atoms with van der Waals surface area (Å²) in [5, 5.41) is 0. The van der Waals surface area contributed by atoms with Crippen LogP contribution in [0.15, 0.2) is 59.1 Å². The molecular weight excluding hydrogens is 338 g/mol. The predicted molar refractivity (Wildman–Crippen MR) is 88.5 cm³/mol. The van der Waals surface area contributed by atoms with E-state index in [9.17, 15) is 4.79 Å². The van der Waals surface area contributed by atoms with Gasteiger partial charge in [0.15, 0.2) is 5.78 Å². The van der Waals surface area contributed by atoms with Crippen molar-refractivity contribution in [2.75, 3.05) is 13.6 Å². The van der Waals surface area contributed by atoms with Crippen molar-refractivity contribution in [3.63, 3.8) is 0 Å². The fourth-order valence-corrected chi connectivity index (χ4v) is 2.19. The normalized spacial score (nSPS) is 10.2. The van der Waals surface area contributed by atoms with Crippen LogP contribution in [0.25, 0.3) is 0 Å². The van der Waals surface area contributed by atoms with Crippen molar-refractivity contribution in [2.45, 2.75) is 6.54 Å². The highest BCUT2D eigenvalue weighted by atomic mass is 79.9. The summed E-state index contributed by atoms with van der Waals surface area (Å²) in [4.78, 5) is 14.1. The Bertz CT molecular complexity index is 542. The highest BCUT2D eigenvalue weighted by molar-refractivity contribution is 9.10. The predicted octanol–water partition coefficient (Wildman–Crippen LogP) is 4.19. The third kappa shape index (κ3) is 5.08. The minimum atomic E-state index is 0. The summed E-state index contributed by atoms with van der Waals surface area (Å²) in [6.45, 7) is 1.21. The first kappa shape index (κ1) is 16.9. The molecule has 4 heteroatoms. The van der Waals surface area contributed by atoms with Crippen LogP contribution in [0.1, 0.15) is 15.9 Å². The third-order valence-electron chi connectivity index (χ3n) is 2.88. The molecule has 2 rings (SSSR count). The van der Waals surface area contributed by atoms with Gasteiger partial charge in [0.05, 0.1) is 6.54 Å². The average Bonchev–Trinajstić information content (AvgIpc) is 2.40. The van der Waals surface area contributed by atoms with Gasteiger partial charge in [-0.25, -0.2) is 0 Å². The average molecular weight is 355 g/mol. The van der Waals surface area contributed by atoms with E-state index in [1.807, 2.05) is 54.4 Å². The van der Waals surface area contributed by atoms with Crippen molar-refractivity contribution < 1.29 is 4.79 Å². The highest BCUT2D eigenvalue weighted by Gasteiger charge is 2.09. The Hall–Kier alpha value is -1.16. The second kappa shape index (κ2) is 8.20. The molecule has 106 valence electrons. The van der Waals surface area contributed by atoms with E-state index in [1.54, 1.807) is 0 Å². The van der Waals surface area contributed by atoms with Crippen LogP contribution in [0, 0.1) is 0 Å². The van der Waals surface area contributed by atoms with Gasteiger partial charge in [-0.3, -0.25) is 9.69 Å². The van der Waals surface area contributed by atoms with Gasteiger partial charge in [-0.1, -0.05) is 58.4 Å². The van der Waals surface area contributed by atoms with E-state index in [-0.39, 0.29) is 18.2 Å². The summed E-state index contributed by atoms with van der Waals surface area (Å²) in [6.07, 6.45) is 0. The lowest BCUT2D eigenvalue weighted by Gasteiger charge is -2.15. The van der Waals surface area contributed by atoms with E-state index in [2.05, 4.69) is 28.1 Å².